The van der Waals surface area contributed by atoms with Gasteiger partial charge in [-0.2, -0.15) is 0 Å². The van der Waals surface area contributed by atoms with Crippen LogP contribution < -0.4 is 19.5 Å². The molecule has 0 bridgehead atoms. The van der Waals surface area contributed by atoms with E-state index >= 15 is 0 Å². The number of nitrogens with one attached hydrogen (secondary N) is 1. The van der Waals surface area contributed by atoms with Crippen LogP contribution >= 0.6 is 0 Å². The lowest BCUT2D eigenvalue weighted by atomic mass is 10.1. The van der Waals surface area contributed by atoms with Crippen molar-refractivity contribution in [2.24, 2.45) is 0 Å². The number of methoxy groups -OCH3 is 1. The summed E-state index contributed by atoms with van der Waals surface area (Å²) in [6.45, 7) is 7.48. The van der Waals surface area contributed by atoms with Crippen LogP contribution in [0.2, 0.25) is 0 Å². The van der Waals surface area contributed by atoms with Crippen LogP contribution in [0.25, 0.3) is 0 Å². The molecule has 1 atom stereocenters. The number of amides is 1. The molecule has 2 heterocycles. The Balaban J connectivity index is 1.18. The van der Waals surface area contributed by atoms with Gasteiger partial charge >= 0.3 is 0 Å². The number of benzene rings is 2. The topological polar surface area (TPSA) is 63.3 Å². The van der Waals surface area contributed by atoms with Crippen LogP contribution in [0.3, 0.4) is 0 Å². The zero-order valence-corrected chi connectivity index (χ0v) is 18.3. The lowest BCUT2D eigenvalue weighted by Crippen LogP contribution is -2.53. The molecule has 166 valence electrons. The van der Waals surface area contributed by atoms with Gasteiger partial charge in [-0.25, -0.2) is 0 Å². The Kier molecular flexibility index (Phi) is 6.94. The monoisotopic (exact) mass is 425 g/mol. The Morgan fingerprint density at radius 2 is 1.74 bits per heavy atom. The molecule has 4 rings (SSSR count). The smallest absolute Gasteiger partial charge is 0.237 e. The first-order valence-corrected chi connectivity index (χ1v) is 10.9. The minimum Gasteiger partial charge on any atom is -0.497 e. The summed E-state index contributed by atoms with van der Waals surface area (Å²) in [5, 5.41) is 3.08. The average molecular weight is 426 g/mol. The number of nitrogens with zero attached hydrogens (tertiary/aromatic N) is 2. The van der Waals surface area contributed by atoms with E-state index in [2.05, 4.69) is 27.2 Å². The quantitative estimate of drug-likeness (QED) is 0.700. The third-order valence-electron chi connectivity index (χ3n) is 6.05. The van der Waals surface area contributed by atoms with E-state index in [1.165, 1.54) is 11.1 Å². The molecule has 7 heteroatoms. The first-order chi connectivity index (χ1) is 15.1. The Hall–Kier alpha value is -2.77. The summed E-state index contributed by atoms with van der Waals surface area (Å²) in [7, 11) is 1.66. The van der Waals surface area contributed by atoms with E-state index < -0.39 is 0 Å². The molecule has 0 spiro atoms. The Labute approximate surface area is 183 Å². The third-order valence-corrected chi connectivity index (χ3v) is 6.05. The molecule has 0 radical (unpaired) electrons. The minimum atomic E-state index is -0.122. The van der Waals surface area contributed by atoms with Crippen LogP contribution in [0.5, 0.6) is 17.2 Å². The average Bonchev–Trinajstić information content (AvgIpc) is 3.27. The highest BCUT2D eigenvalue weighted by atomic mass is 16.7. The summed E-state index contributed by atoms with van der Waals surface area (Å²) in [4.78, 5) is 17.3. The van der Waals surface area contributed by atoms with Gasteiger partial charge in [-0.05, 0) is 48.7 Å². The third kappa shape index (κ3) is 5.48. The minimum absolute atomic E-state index is 0.0951. The molecule has 2 aromatic carbocycles. The summed E-state index contributed by atoms with van der Waals surface area (Å²) < 4.78 is 16.0. The van der Waals surface area contributed by atoms with Gasteiger partial charge in [0.05, 0.1) is 13.2 Å². The molecule has 1 saturated heterocycles. The van der Waals surface area contributed by atoms with Crippen LogP contribution in [-0.4, -0.2) is 68.4 Å². The van der Waals surface area contributed by atoms with Crippen molar-refractivity contribution in [2.75, 3.05) is 46.6 Å². The van der Waals surface area contributed by atoms with Gasteiger partial charge in [0.25, 0.3) is 0 Å². The predicted molar refractivity (Wildman–Crippen MR) is 119 cm³/mol. The van der Waals surface area contributed by atoms with Crippen molar-refractivity contribution in [1.29, 1.82) is 0 Å². The molecule has 1 N–H and O–H groups in total. The number of carbonyl (C=O) groups excluding carboxylic acids is 1. The van der Waals surface area contributed by atoms with Gasteiger partial charge in [-0.1, -0.05) is 18.2 Å². The summed E-state index contributed by atoms with van der Waals surface area (Å²) in [6, 6.07) is 14.0. The van der Waals surface area contributed by atoms with Crippen molar-refractivity contribution in [3.8, 4) is 17.2 Å². The maximum absolute atomic E-state index is 12.6. The van der Waals surface area contributed by atoms with Gasteiger partial charge in [0.1, 0.15) is 5.75 Å². The van der Waals surface area contributed by atoms with E-state index in [0.29, 0.717) is 13.3 Å². The molecular weight excluding hydrogens is 394 g/mol. The molecular formula is C24H31N3O4. The fraction of sp³-hybridized carbons (Fsp3) is 0.458. The number of rotatable bonds is 8. The van der Waals surface area contributed by atoms with E-state index in [9.17, 15) is 4.79 Å². The van der Waals surface area contributed by atoms with Gasteiger partial charge < -0.3 is 19.5 Å². The summed E-state index contributed by atoms with van der Waals surface area (Å²) in [5.41, 5.74) is 2.41. The molecule has 0 unspecified atom stereocenters. The number of carbonyl (C=O) groups is 1. The van der Waals surface area contributed by atoms with Gasteiger partial charge in [0.2, 0.25) is 12.7 Å². The largest absolute Gasteiger partial charge is 0.497 e. The lowest BCUT2D eigenvalue weighted by Gasteiger charge is -2.37. The molecule has 1 amide bonds. The molecule has 0 saturated carbocycles. The Morgan fingerprint density at radius 1 is 1.03 bits per heavy atom. The Morgan fingerprint density at radius 3 is 2.48 bits per heavy atom. The second-order valence-electron chi connectivity index (χ2n) is 8.06. The van der Waals surface area contributed by atoms with Crippen LogP contribution in [-0.2, 0) is 17.8 Å². The van der Waals surface area contributed by atoms with Gasteiger partial charge in [-0.3, -0.25) is 14.6 Å². The number of ether oxygens (including phenoxy) is 3. The fourth-order valence-electron chi connectivity index (χ4n) is 4.04. The molecule has 31 heavy (non-hydrogen) atoms. The van der Waals surface area contributed by atoms with Crippen LogP contribution in [0.4, 0.5) is 0 Å². The van der Waals surface area contributed by atoms with E-state index in [0.717, 1.165) is 56.4 Å². The lowest BCUT2D eigenvalue weighted by molar-refractivity contribution is -0.126. The molecule has 2 aromatic rings. The standard InChI is InChI=1S/C24H31N3O4/c1-18(24(28)25-10-9-19-3-6-21(29-2)7-4-19)27-13-11-26(12-14-27)16-20-5-8-22-23(15-20)31-17-30-22/h3-8,15,18H,9-14,16-17H2,1-2H3,(H,25,28)/t18-/m1/s1. The second kappa shape index (κ2) is 10.0. The summed E-state index contributed by atoms with van der Waals surface area (Å²) >= 11 is 0. The van der Waals surface area contributed by atoms with Crippen molar-refractivity contribution in [2.45, 2.75) is 25.9 Å². The molecule has 2 aliphatic heterocycles. The summed E-state index contributed by atoms with van der Waals surface area (Å²) in [6.07, 6.45) is 0.811. The zero-order valence-electron chi connectivity index (χ0n) is 18.3. The van der Waals surface area contributed by atoms with Gasteiger partial charge in [0, 0.05) is 39.3 Å². The van der Waals surface area contributed by atoms with Crippen LogP contribution in [0.15, 0.2) is 42.5 Å². The van der Waals surface area contributed by atoms with Crippen molar-refractivity contribution in [1.82, 2.24) is 15.1 Å². The summed E-state index contributed by atoms with van der Waals surface area (Å²) in [5.74, 6) is 2.59. The van der Waals surface area contributed by atoms with Gasteiger partial charge in [0.15, 0.2) is 11.5 Å². The maximum atomic E-state index is 12.6. The number of hydrogen-bond acceptors (Lipinski definition) is 6. The molecule has 7 nitrogen and oxygen atoms in total. The first kappa shape index (κ1) is 21.5. The van der Waals surface area contributed by atoms with E-state index in [1.807, 2.05) is 37.3 Å². The predicted octanol–water partition coefficient (Wildman–Crippen LogP) is 2.29. The SMILES string of the molecule is COc1ccc(CCNC(=O)[C@@H](C)N2CCN(Cc3ccc4c(c3)OCO4)CC2)cc1. The highest BCUT2D eigenvalue weighted by molar-refractivity contribution is 5.81. The van der Waals surface area contributed by atoms with Crippen molar-refractivity contribution in [3.05, 3.63) is 53.6 Å². The number of hydrogen-bond donors (Lipinski definition) is 1. The van der Waals surface area contributed by atoms with Crippen molar-refractivity contribution < 1.29 is 19.0 Å². The van der Waals surface area contributed by atoms with Crippen LogP contribution in [0.1, 0.15) is 18.1 Å². The van der Waals surface area contributed by atoms with Crippen molar-refractivity contribution in [3.63, 3.8) is 0 Å². The molecule has 0 aliphatic carbocycles. The molecule has 0 aromatic heterocycles. The van der Waals surface area contributed by atoms with Crippen molar-refractivity contribution >= 4 is 5.91 Å². The van der Waals surface area contributed by atoms with E-state index in [-0.39, 0.29) is 11.9 Å². The highest BCUT2D eigenvalue weighted by Crippen LogP contribution is 2.32. The van der Waals surface area contributed by atoms with E-state index in [4.69, 9.17) is 14.2 Å². The molecule has 2 aliphatic rings. The molecule has 1 fully saturated rings. The normalized spacial score (nSPS) is 17.4. The van der Waals surface area contributed by atoms with Crippen LogP contribution in [0, 0.1) is 0 Å². The maximum Gasteiger partial charge on any atom is 0.237 e. The van der Waals surface area contributed by atoms with Gasteiger partial charge in [-0.15, -0.1) is 0 Å². The Bertz CT molecular complexity index is 879. The first-order valence-electron chi connectivity index (χ1n) is 10.9. The number of fused-ring (bicyclic) bond motifs is 1. The fourth-order valence-corrected chi connectivity index (χ4v) is 4.04. The van der Waals surface area contributed by atoms with E-state index in [1.54, 1.807) is 7.11 Å². The highest BCUT2D eigenvalue weighted by Gasteiger charge is 2.25. The second-order valence-corrected chi connectivity index (χ2v) is 8.06. The zero-order chi connectivity index (χ0) is 21.6. The number of piperazine rings is 1.